The van der Waals surface area contributed by atoms with Gasteiger partial charge >= 0.3 is 0 Å². The third kappa shape index (κ3) is 3.89. The zero-order chi connectivity index (χ0) is 21.3. The Morgan fingerprint density at radius 3 is 2.55 bits per heavy atom. The van der Waals surface area contributed by atoms with E-state index in [9.17, 15) is 0 Å². The Morgan fingerprint density at radius 1 is 1.03 bits per heavy atom. The van der Waals surface area contributed by atoms with Gasteiger partial charge in [0.05, 0.1) is 5.69 Å². The van der Waals surface area contributed by atoms with Crippen LogP contribution in [-0.2, 0) is 17.6 Å². The molecule has 2 aromatic carbocycles. The lowest BCUT2D eigenvalue weighted by Crippen LogP contribution is -2.41. The smallest absolute Gasteiger partial charge is 0.167 e. The number of nitrogens with zero attached hydrogens (tertiary/aromatic N) is 1. The molecule has 5 rings (SSSR count). The standard InChI is InChI=1S/C27H30N2S2/c1-2-27(21-14-7-4-8-15-21)17-20-13-9-10-16-22(20)24-23(27)25(30)29-26(28-24)31-18-19-11-5-3-6-12-19/h3,5-6,9-13,16,21H,2,4,7-8,14-15,17-18H2,1H3,(H,28,29,30). The van der Waals surface area contributed by atoms with Crippen LogP contribution >= 0.6 is 24.0 Å². The number of rotatable bonds is 5. The van der Waals surface area contributed by atoms with E-state index in [-0.39, 0.29) is 5.41 Å². The van der Waals surface area contributed by atoms with E-state index >= 15 is 0 Å². The molecule has 2 aliphatic carbocycles. The second-order valence-corrected chi connectivity index (χ2v) is 10.4. The molecular formula is C27H30N2S2. The van der Waals surface area contributed by atoms with Gasteiger partial charge in [-0.2, -0.15) is 0 Å². The van der Waals surface area contributed by atoms with Crippen molar-refractivity contribution in [3.05, 3.63) is 75.9 Å². The number of aromatic nitrogens is 2. The van der Waals surface area contributed by atoms with Crippen molar-refractivity contribution in [2.24, 2.45) is 5.92 Å². The zero-order valence-electron chi connectivity index (χ0n) is 18.2. The normalized spacial score (nSPS) is 20.8. The summed E-state index contributed by atoms with van der Waals surface area (Å²) < 4.78 is 0.811. The lowest BCUT2D eigenvalue weighted by molar-refractivity contribution is 0.189. The molecule has 0 spiro atoms. The van der Waals surface area contributed by atoms with Crippen LogP contribution in [0.3, 0.4) is 0 Å². The van der Waals surface area contributed by atoms with Gasteiger partial charge in [0.25, 0.3) is 0 Å². The fourth-order valence-electron chi connectivity index (χ4n) is 5.85. The Balaban J connectivity index is 1.61. The summed E-state index contributed by atoms with van der Waals surface area (Å²) in [5.74, 6) is 1.58. The van der Waals surface area contributed by atoms with Crippen LogP contribution in [0.4, 0.5) is 0 Å². The molecule has 2 nitrogen and oxygen atoms in total. The minimum atomic E-state index is 0.104. The maximum absolute atomic E-state index is 6.03. The molecule has 0 saturated heterocycles. The molecule has 4 heteroatoms. The predicted molar refractivity (Wildman–Crippen MR) is 133 cm³/mol. The molecule has 0 amide bonds. The monoisotopic (exact) mass is 446 g/mol. The molecule has 1 unspecified atom stereocenters. The number of nitrogens with one attached hydrogen (secondary N) is 1. The average molecular weight is 447 g/mol. The Labute approximate surface area is 194 Å². The van der Waals surface area contributed by atoms with Crippen LogP contribution in [0, 0.1) is 10.6 Å². The lowest BCUT2D eigenvalue weighted by atomic mass is 9.58. The number of thioether (sulfide) groups is 1. The van der Waals surface area contributed by atoms with E-state index in [2.05, 4.69) is 66.5 Å². The van der Waals surface area contributed by atoms with Gasteiger partial charge in [-0.25, -0.2) is 4.98 Å². The zero-order valence-corrected chi connectivity index (χ0v) is 19.8. The van der Waals surface area contributed by atoms with E-state index in [1.54, 1.807) is 11.8 Å². The van der Waals surface area contributed by atoms with Crippen molar-refractivity contribution in [1.29, 1.82) is 0 Å². The Bertz CT molecular complexity index is 1120. The Hall–Kier alpha value is -1.91. The summed E-state index contributed by atoms with van der Waals surface area (Å²) in [6.45, 7) is 2.36. The summed E-state index contributed by atoms with van der Waals surface area (Å²) in [5, 5.41) is 0.929. The SMILES string of the molecule is CCC1(C2CCCCC2)Cc2ccccc2-c2[nH]c(SCc3ccccc3)nc(=S)c21. The van der Waals surface area contributed by atoms with Gasteiger partial charge in [-0.3, -0.25) is 0 Å². The average Bonchev–Trinajstić information content (AvgIpc) is 2.83. The second kappa shape index (κ2) is 8.91. The van der Waals surface area contributed by atoms with Crippen LogP contribution in [0.15, 0.2) is 59.8 Å². The summed E-state index contributed by atoms with van der Waals surface area (Å²) in [6.07, 6.45) is 8.90. The first-order chi connectivity index (χ1) is 15.2. The van der Waals surface area contributed by atoms with E-state index in [4.69, 9.17) is 17.2 Å². The molecule has 1 atom stereocenters. The maximum atomic E-state index is 6.03. The minimum absolute atomic E-state index is 0.104. The molecule has 1 saturated carbocycles. The van der Waals surface area contributed by atoms with Gasteiger partial charge in [-0.05, 0) is 42.7 Å². The van der Waals surface area contributed by atoms with Gasteiger partial charge in [0.15, 0.2) is 5.16 Å². The number of fused-ring (bicyclic) bond motifs is 3. The van der Waals surface area contributed by atoms with Gasteiger partial charge in [-0.1, -0.05) is 105 Å². The minimum Gasteiger partial charge on any atom is -0.334 e. The predicted octanol–water partition coefficient (Wildman–Crippen LogP) is 7.88. The van der Waals surface area contributed by atoms with E-state index in [0.29, 0.717) is 5.92 Å². The molecule has 1 fully saturated rings. The number of H-pyrrole nitrogens is 1. The molecule has 0 bridgehead atoms. The highest BCUT2D eigenvalue weighted by Crippen LogP contribution is 2.52. The fraction of sp³-hybridized carbons (Fsp3) is 0.407. The van der Waals surface area contributed by atoms with E-state index in [1.807, 2.05) is 0 Å². The topological polar surface area (TPSA) is 28.7 Å². The number of hydrogen-bond acceptors (Lipinski definition) is 3. The van der Waals surface area contributed by atoms with E-state index < -0.39 is 0 Å². The third-order valence-corrected chi connectivity index (χ3v) is 8.67. The molecule has 2 aliphatic rings. The molecular weight excluding hydrogens is 416 g/mol. The Morgan fingerprint density at radius 2 is 1.77 bits per heavy atom. The number of benzene rings is 2. The fourth-order valence-corrected chi connectivity index (χ4v) is 7.13. The highest BCUT2D eigenvalue weighted by Gasteiger charge is 2.45. The van der Waals surface area contributed by atoms with Crippen molar-refractivity contribution >= 4 is 24.0 Å². The van der Waals surface area contributed by atoms with Crippen molar-refractivity contribution in [2.75, 3.05) is 0 Å². The van der Waals surface area contributed by atoms with E-state index in [0.717, 1.165) is 28.4 Å². The van der Waals surface area contributed by atoms with Crippen molar-refractivity contribution in [3.63, 3.8) is 0 Å². The first-order valence-electron chi connectivity index (χ1n) is 11.6. The third-order valence-electron chi connectivity index (χ3n) is 7.43. The van der Waals surface area contributed by atoms with Crippen LogP contribution in [-0.4, -0.2) is 9.97 Å². The molecule has 160 valence electrons. The van der Waals surface area contributed by atoms with Crippen molar-refractivity contribution in [2.45, 2.75) is 68.2 Å². The molecule has 3 aromatic rings. The maximum Gasteiger partial charge on any atom is 0.167 e. The largest absolute Gasteiger partial charge is 0.334 e. The summed E-state index contributed by atoms with van der Waals surface area (Å²) in [6, 6.07) is 19.5. The molecule has 0 aliphatic heterocycles. The van der Waals surface area contributed by atoms with Gasteiger partial charge in [0, 0.05) is 22.3 Å². The van der Waals surface area contributed by atoms with Crippen LogP contribution in [0.1, 0.15) is 62.1 Å². The summed E-state index contributed by atoms with van der Waals surface area (Å²) in [4.78, 5) is 8.68. The highest BCUT2D eigenvalue weighted by atomic mass is 32.2. The molecule has 1 aromatic heterocycles. The highest BCUT2D eigenvalue weighted by molar-refractivity contribution is 7.98. The number of aromatic amines is 1. The van der Waals surface area contributed by atoms with Crippen LogP contribution in [0.5, 0.6) is 0 Å². The Kier molecular flexibility index (Phi) is 6.03. The van der Waals surface area contributed by atoms with Gasteiger partial charge < -0.3 is 4.98 Å². The summed E-state index contributed by atoms with van der Waals surface area (Å²) in [7, 11) is 0. The quantitative estimate of drug-likeness (QED) is 0.245. The first-order valence-corrected chi connectivity index (χ1v) is 13.0. The lowest BCUT2D eigenvalue weighted by Gasteiger charge is -2.46. The van der Waals surface area contributed by atoms with Gasteiger partial charge in [0.1, 0.15) is 4.64 Å². The van der Waals surface area contributed by atoms with E-state index in [1.165, 1.54) is 60.1 Å². The van der Waals surface area contributed by atoms with Crippen LogP contribution < -0.4 is 0 Å². The molecule has 0 radical (unpaired) electrons. The van der Waals surface area contributed by atoms with Crippen LogP contribution in [0.2, 0.25) is 0 Å². The second-order valence-electron chi connectivity index (χ2n) is 9.05. The first kappa shape index (κ1) is 21.0. The van der Waals surface area contributed by atoms with Crippen molar-refractivity contribution in [3.8, 4) is 11.3 Å². The summed E-state index contributed by atoms with van der Waals surface area (Å²) in [5.41, 5.74) is 6.72. The molecule has 1 N–H and O–H groups in total. The molecule has 31 heavy (non-hydrogen) atoms. The summed E-state index contributed by atoms with van der Waals surface area (Å²) >= 11 is 7.77. The van der Waals surface area contributed by atoms with Crippen molar-refractivity contribution in [1.82, 2.24) is 9.97 Å². The molecule has 1 heterocycles. The van der Waals surface area contributed by atoms with Crippen molar-refractivity contribution < 1.29 is 0 Å². The number of hydrogen-bond donors (Lipinski definition) is 1. The van der Waals surface area contributed by atoms with Gasteiger partial charge in [-0.15, -0.1) is 0 Å². The van der Waals surface area contributed by atoms with Crippen LogP contribution in [0.25, 0.3) is 11.3 Å². The van der Waals surface area contributed by atoms with Gasteiger partial charge in [0.2, 0.25) is 0 Å².